The van der Waals surface area contributed by atoms with Gasteiger partial charge in [-0.3, -0.25) is 4.72 Å². The Hall–Kier alpha value is -3.53. The van der Waals surface area contributed by atoms with E-state index in [1.54, 1.807) is 0 Å². The summed E-state index contributed by atoms with van der Waals surface area (Å²) in [5.41, 5.74) is 1.71. The van der Waals surface area contributed by atoms with Gasteiger partial charge in [-0.1, -0.05) is 6.07 Å². The molecule has 0 spiro atoms. The first-order chi connectivity index (χ1) is 14.4. The minimum Gasteiger partial charge on any atom is -0.370 e. The van der Waals surface area contributed by atoms with E-state index in [9.17, 15) is 17.2 Å². The summed E-state index contributed by atoms with van der Waals surface area (Å²) in [6.07, 6.45) is 5.73. The highest BCUT2D eigenvalue weighted by molar-refractivity contribution is 7.92. The van der Waals surface area contributed by atoms with Crippen LogP contribution < -0.4 is 10.0 Å². The van der Waals surface area contributed by atoms with Gasteiger partial charge >= 0.3 is 0 Å². The lowest BCUT2D eigenvalue weighted by Crippen LogP contribution is -2.14. The zero-order valence-corrected chi connectivity index (χ0v) is 16.4. The first-order valence-electron chi connectivity index (χ1n) is 9.01. The number of hydrogen-bond acceptors (Lipinski definition) is 5. The number of sulfonamides is 1. The van der Waals surface area contributed by atoms with Gasteiger partial charge in [0.1, 0.15) is 16.4 Å². The second-order valence-electron chi connectivity index (χ2n) is 6.49. The molecule has 0 fully saturated rings. The number of fused-ring (bicyclic) bond motifs is 1. The van der Waals surface area contributed by atoms with Crippen molar-refractivity contribution in [1.82, 2.24) is 14.4 Å². The number of imidazole rings is 1. The van der Waals surface area contributed by atoms with Crippen molar-refractivity contribution < 1.29 is 17.2 Å². The molecule has 0 amide bonds. The highest BCUT2D eigenvalue weighted by Crippen LogP contribution is 2.19. The molecule has 0 radical (unpaired) electrons. The van der Waals surface area contributed by atoms with E-state index in [1.165, 1.54) is 18.3 Å². The van der Waals surface area contributed by atoms with Crippen LogP contribution in [0, 0.1) is 11.6 Å². The van der Waals surface area contributed by atoms with E-state index < -0.39 is 21.7 Å². The molecule has 3 aromatic heterocycles. The Morgan fingerprint density at radius 2 is 1.90 bits per heavy atom. The van der Waals surface area contributed by atoms with Gasteiger partial charge in [0.15, 0.2) is 11.6 Å². The van der Waals surface area contributed by atoms with Crippen LogP contribution in [0.1, 0.15) is 5.69 Å². The molecule has 4 rings (SSSR count). The number of aromatic nitrogens is 3. The Balaban J connectivity index is 1.37. The van der Waals surface area contributed by atoms with Gasteiger partial charge in [-0.25, -0.2) is 27.2 Å². The van der Waals surface area contributed by atoms with E-state index in [0.29, 0.717) is 18.8 Å². The van der Waals surface area contributed by atoms with Gasteiger partial charge in [0.2, 0.25) is 0 Å². The summed E-state index contributed by atoms with van der Waals surface area (Å²) >= 11 is 0. The molecular weight excluding hydrogens is 412 g/mol. The zero-order valence-electron chi connectivity index (χ0n) is 15.6. The number of halogens is 2. The second-order valence-corrected chi connectivity index (χ2v) is 8.17. The van der Waals surface area contributed by atoms with Crippen molar-refractivity contribution in [2.24, 2.45) is 0 Å². The third-order valence-electron chi connectivity index (χ3n) is 4.32. The van der Waals surface area contributed by atoms with Crippen LogP contribution in [0.5, 0.6) is 0 Å². The fraction of sp³-hybridized carbons (Fsp3) is 0.100. The van der Waals surface area contributed by atoms with Crippen LogP contribution in [0.3, 0.4) is 0 Å². The summed E-state index contributed by atoms with van der Waals surface area (Å²) in [4.78, 5) is 8.51. The van der Waals surface area contributed by atoms with Crippen LogP contribution in [0.2, 0.25) is 0 Å². The molecule has 10 heteroatoms. The molecule has 0 bridgehead atoms. The van der Waals surface area contributed by atoms with Crippen LogP contribution in [0.4, 0.5) is 20.3 Å². The van der Waals surface area contributed by atoms with Crippen molar-refractivity contribution in [2.75, 3.05) is 16.6 Å². The Bertz CT molecular complexity index is 1260. The van der Waals surface area contributed by atoms with E-state index in [1.807, 2.05) is 35.0 Å². The number of nitrogens with zero attached hydrogens (tertiary/aromatic N) is 3. The molecule has 0 atom stereocenters. The number of benzene rings is 1. The van der Waals surface area contributed by atoms with Crippen molar-refractivity contribution in [3.05, 3.63) is 84.4 Å². The van der Waals surface area contributed by atoms with Crippen molar-refractivity contribution in [1.29, 1.82) is 0 Å². The van der Waals surface area contributed by atoms with Crippen molar-refractivity contribution in [2.45, 2.75) is 11.3 Å². The molecule has 1 aromatic carbocycles. The Kier molecular flexibility index (Phi) is 5.32. The largest absolute Gasteiger partial charge is 0.370 e. The Morgan fingerprint density at radius 1 is 1.03 bits per heavy atom. The molecule has 4 aromatic rings. The van der Waals surface area contributed by atoms with Crippen LogP contribution in [0.15, 0.2) is 72.0 Å². The third kappa shape index (κ3) is 4.38. The van der Waals surface area contributed by atoms with Crippen LogP contribution in [-0.2, 0) is 16.4 Å². The van der Waals surface area contributed by atoms with Crippen LogP contribution in [-0.4, -0.2) is 29.3 Å². The fourth-order valence-corrected chi connectivity index (χ4v) is 3.84. The molecule has 30 heavy (non-hydrogen) atoms. The topological polar surface area (TPSA) is 88.4 Å². The van der Waals surface area contributed by atoms with Gasteiger partial charge in [-0.15, -0.1) is 0 Å². The molecule has 0 aliphatic heterocycles. The highest BCUT2D eigenvalue weighted by atomic mass is 32.2. The molecule has 0 aliphatic carbocycles. The average molecular weight is 429 g/mol. The lowest BCUT2D eigenvalue weighted by Gasteiger charge is -2.09. The average Bonchev–Trinajstić information content (AvgIpc) is 3.14. The smallest absolute Gasteiger partial charge is 0.263 e. The number of pyridine rings is 2. The number of hydrogen-bond donors (Lipinski definition) is 2. The highest BCUT2D eigenvalue weighted by Gasteiger charge is 2.16. The molecule has 0 saturated heterocycles. The van der Waals surface area contributed by atoms with Gasteiger partial charge in [0, 0.05) is 37.6 Å². The van der Waals surface area contributed by atoms with Crippen molar-refractivity contribution >= 4 is 27.2 Å². The molecule has 3 heterocycles. The molecule has 154 valence electrons. The molecule has 2 N–H and O–H groups in total. The summed E-state index contributed by atoms with van der Waals surface area (Å²) in [7, 11) is -3.98. The number of rotatable bonds is 7. The zero-order chi connectivity index (χ0) is 21.1. The minimum atomic E-state index is -3.98. The molecular formula is C20H17F2N5O2S. The first kappa shape index (κ1) is 19.8. The second kappa shape index (κ2) is 8.07. The normalized spacial score (nSPS) is 11.5. The Labute approximate surface area is 171 Å². The Morgan fingerprint density at radius 3 is 2.63 bits per heavy atom. The standard InChI is InChI=1S/C20H17F2N5O2S/c21-17-6-4-14(11-18(17)22)26-30(28,29)16-5-7-19(24-12-16)23-9-8-15-13-27-10-2-1-3-20(27)25-15/h1-7,10-13,26H,8-9H2,(H,23,24). The maximum Gasteiger partial charge on any atom is 0.263 e. The fourth-order valence-electron chi connectivity index (χ4n) is 2.84. The summed E-state index contributed by atoms with van der Waals surface area (Å²) < 4.78 is 55.2. The van der Waals surface area contributed by atoms with Gasteiger partial charge in [0.25, 0.3) is 10.0 Å². The molecule has 0 aliphatic rings. The molecule has 7 nitrogen and oxygen atoms in total. The van der Waals surface area contributed by atoms with Gasteiger partial charge in [0.05, 0.1) is 11.4 Å². The maximum absolute atomic E-state index is 13.3. The SMILES string of the molecule is O=S(=O)(Nc1ccc(F)c(F)c1)c1ccc(NCCc2cn3ccccc3n2)nc1. The van der Waals surface area contributed by atoms with Gasteiger partial charge in [-0.05, 0) is 36.4 Å². The van der Waals surface area contributed by atoms with E-state index in [0.717, 1.165) is 29.5 Å². The lowest BCUT2D eigenvalue weighted by molar-refractivity contribution is 0.509. The van der Waals surface area contributed by atoms with Crippen molar-refractivity contribution in [3.8, 4) is 0 Å². The van der Waals surface area contributed by atoms with Crippen LogP contribution in [0.25, 0.3) is 5.65 Å². The predicted octanol–water partition coefficient (Wildman–Crippen LogP) is 3.46. The summed E-state index contributed by atoms with van der Waals surface area (Å²) in [5, 5.41) is 3.11. The van der Waals surface area contributed by atoms with Crippen molar-refractivity contribution in [3.63, 3.8) is 0 Å². The van der Waals surface area contributed by atoms with E-state index >= 15 is 0 Å². The molecule has 0 saturated carbocycles. The summed E-state index contributed by atoms with van der Waals surface area (Å²) in [6.45, 7) is 0.566. The predicted molar refractivity (Wildman–Crippen MR) is 109 cm³/mol. The monoisotopic (exact) mass is 429 g/mol. The first-order valence-corrected chi connectivity index (χ1v) is 10.5. The van der Waals surface area contributed by atoms with Crippen LogP contribution >= 0.6 is 0 Å². The van der Waals surface area contributed by atoms with E-state index in [4.69, 9.17) is 0 Å². The van der Waals surface area contributed by atoms with E-state index in [2.05, 4.69) is 20.0 Å². The number of nitrogens with one attached hydrogen (secondary N) is 2. The van der Waals surface area contributed by atoms with Gasteiger partial charge in [-0.2, -0.15) is 0 Å². The third-order valence-corrected chi connectivity index (χ3v) is 5.69. The van der Waals surface area contributed by atoms with E-state index in [-0.39, 0.29) is 10.6 Å². The van der Waals surface area contributed by atoms with Gasteiger partial charge < -0.3 is 9.72 Å². The quantitative estimate of drug-likeness (QED) is 0.470. The summed E-state index contributed by atoms with van der Waals surface area (Å²) in [5.74, 6) is -1.69. The minimum absolute atomic E-state index is 0.0800. The number of anilines is 2. The summed E-state index contributed by atoms with van der Waals surface area (Å²) in [6, 6.07) is 11.4. The lowest BCUT2D eigenvalue weighted by atomic mass is 10.3. The maximum atomic E-state index is 13.3. The molecule has 0 unspecified atom stereocenters.